The first-order valence-electron chi connectivity index (χ1n) is 9.86. The van der Waals surface area contributed by atoms with Crippen LogP contribution in [0, 0.1) is 6.92 Å². The molecule has 8 nitrogen and oxygen atoms in total. The Hall–Kier alpha value is -4.20. The van der Waals surface area contributed by atoms with Crippen molar-refractivity contribution in [1.29, 1.82) is 0 Å². The largest absolute Gasteiger partial charge is 0.457 e. The van der Waals surface area contributed by atoms with Gasteiger partial charge >= 0.3 is 0 Å². The van der Waals surface area contributed by atoms with Gasteiger partial charge in [0.2, 0.25) is 0 Å². The van der Waals surface area contributed by atoms with Gasteiger partial charge in [0.25, 0.3) is 5.91 Å². The van der Waals surface area contributed by atoms with Crippen LogP contribution in [0.2, 0.25) is 0 Å². The molecule has 0 spiro atoms. The van der Waals surface area contributed by atoms with Crippen molar-refractivity contribution in [1.82, 2.24) is 24.8 Å². The summed E-state index contributed by atoms with van der Waals surface area (Å²) in [4.78, 5) is 25.0. The van der Waals surface area contributed by atoms with Crippen molar-refractivity contribution in [2.45, 2.75) is 6.92 Å². The monoisotopic (exact) mass is 414 g/mol. The van der Waals surface area contributed by atoms with E-state index in [2.05, 4.69) is 25.6 Å². The molecule has 0 bridgehead atoms. The summed E-state index contributed by atoms with van der Waals surface area (Å²) in [6, 6.07) is 18.4. The minimum Gasteiger partial charge on any atom is -0.457 e. The third-order valence-electron chi connectivity index (χ3n) is 4.54. The Labute approximate surface area is 180 Å². The van der Waals surface area contributed by atoms with Gasteiger partial charge in [0.1, 0.15) is 35.3 Å². The molecule has 0 unspecified atom stereocenters. The molecule has 0 aliphatic rings. The number of aryl methyl sites for hydroxylation is 1. The zero-order chi connectivity index (χ0) is 21.5. The quantitative estimate of drug-likeness (QED) is 0.428. The highest BCUT2D eigenvalue weighted by atomic mass is 16.5. The van der Waals surface area contributed by atoms with E-state index in [0.29, 0.717) is 30.2 Å². The number of ether oxygens (including phenoxy) is 1. The molecule has 31 heavy (non-hydrogen) atoms. The summed E-state index contributed by atoms with van der Waals surface area (Å²) in [5.41, 5.74) is 0.570. The van der Waals surface area contributed by atoms with E-state index in [1.807, 2.05) is 54.1 Å². The first-order valence-corrected chi connectivity index (χ1v) is 9.86. The molecule has 156 valence electrons. The van der Waals surface area contributed by atoms with Crippen LogP contribution in [0.5, 0.6) is 11.5 Å². The number of aromatic nitrogens is 4. The minimum atomic E-state index is -0.148. The van der Waals surface area contributed by atoms with Crippen LogP contribution >= 0.6 is 0 Å². The minimum absolute atomic E-state index is 0.148. The van der Waals surface area contributed by atoms with Gasteiger partial charge in [0.15, 0.2) is 0 Å². The molecule has 0 saturated heterocycles. The van der Waals surface area contributed by atoms with E-state index in [4.69, 9.17) is 4.74 Å². The smallest absolute Gasteiger partial charge is 0.251 e. The Balaban J connectivity index is 1.25. The van der Waals surface area contributed by atoms with Crippen LogP contribution in [0.25, 0.3) is 5.82 Å². The van der Waals surface area contributed by atoms with Crippen molar-refractivity contribution < 1.29 is 9.53 Å². The number of carbonyl (C=O) groups excluding carboxylic acids is 1. The SMILES string of the molecule is Cc1nccn1-c1cc(NCCNC(=O)c2ccc(Oc3ccccc3)cc2)ncn1. The number of amides is 1. The lowest BCUT2D eigenvalue weighted by atomic mass is 10.2. The highest BCUT2D eigenvalue weighted by Crippen LogP contribution is 2.21. The lowest BCUT2D eigenvalue weighted by Crippen LogP contribution is -2.28. The first kappa shape index (κ1) is 20.1. The van der Waals surface area contributed by atoms with Gasteiger partial charge in [0, 0.05) is 37.1 Å². The third-order valence-corrected chi connectivity index (χ3v) is 4.54. The average Bonchev–Trinajstić information content (AvgIpc) is 3.24. The molecule has 4 rings (SSSR count). The summed E-state index contributed by atoms with van der Waals surface area (Å²) in [7, 11) is 0. The van der Waals surface area contributed by atoms with Crippen molar-refractivity contribution in [2.75, 3.05) is 18.4 Å². The lowest BCUT2D eigenvalue weighted by Gasteiger charge is -2.10. The Kier molecular flexibility index (Phi) is 6.18. The molecule has 1 amide bonds. The highest BCUT2D eigenvalue weighted by molar-refractivity contribution is 5.94. The predicted molar refractivity (Wildman–Crippen MR) is 118 cm³/mol. The maximum atomic E-state index is 12.4. The van der Waals surface area contributed by atoms with Crippen molar-refractivity contribution in [2.24, 2.45) is 0 Å². The van der Waals surface area contributed by atoms with Crippen LogP contribution in [0.15, 0.2) is 79.4 Å². The van der Waals surface area contributed by atoms with Gasteiger partial charge < -0.3 is 15.4 Å². The molecule has 0 aliphatic heterocycles. The van der Waals surface area contributed by atoms with Crippen molar-refractivity contribution in [3.05, 3.63) is 90.8 Å². The fraction of sp³-hybridized carbons (Fsp3) is 0.130. The Morgan fingerprint density at radius 1 is 0.968 bits per heavy atom. The second-order valence-corrected chi connectivity index (χ2v) is 6.73. The summed E-state index contributed by atoms with van der Waals surface area (Å²) in [5.74, 6) is 3.53. The molecule has 0 saturated carbocycles. The topological polar surface area (TPSA) is 94.0 Å². The van der Waals surface area contributed by atoms with Crippen LogP contribution in [0.3, 0.4) is 0 Å². The third kappa shape index (κ3) is 5.24. The molecule has 0 fully saturated rings. The van der Waals surface area contributed by atoms with E-state index in [9.17, 15) is 4.79 Å². The van der Waals surface area contributed by atoms with Gasteiger partial charge in [-0.25, -0.2) is 15.0 Å². The normalized spacial score (nSPS) is 10.5. The van der Waals surface area contributed by atoms with Gasteiger partial charge in [0.05, 0.1) is 0 Å². The van der Waals surface area contributed by atoms with E-state index in [1.165, 1.54) is 6.33 Å². The molecular formula is C23H22N6O2. The van der Waals surface area contributed by atoms with Gasteiger partial charge in [-0.15, -0.1) is 0 Å². The van der Waals surface area contributed by atoms with Gasteiger partial charge in [-0.1, -0.05) is 18.2 Å². The number of carbonyl (C=O) groups is 1. The summed E-state index contributed by atoms with van der Waals surface area (Å²) in [6.45, 7) is 2.88. The highest BCUT2D eigenvalue weighted by Gasteiger charge is 2.07. The number of hydrogen-bond donors (Lipinski definition) is 2. The van der Waals surface area contributed by atoms with Crippen molar-refractivity contribution >= 4 is 11.7 Å². The molecule has 2 aromatic heterocycles. The Morgan fingerprint density at radius 2 is 1.74 bits per heavy atom. The van der Waals surface area contributed by atoms with Crippen molar-refractivity contribution in [3.8, 4) is 17.3 Å². The van der Waals surface area contributed by atoms with E-state index in [-0.39, 0.29) is 5.91 Å². The summed E-state index contributed by atoms with van der Waals surface area (Å²) < 4.78 is 7.62. The number of benzene rings is 2. The molecule has 8 heteroatoms. The van der Waals surface area contributed by atoms with Gasteiger partial charge in [-0.2, -0.15) is 0 Å². The molecule has 2 N–H and O–H groups in total. The van der Waals surface area contributed by atoms with E-state index >= 15 is 0 Å². The molecule has 2 aromatic carbocycles. The molecule has 0 aliphatic carbocycles. The second-order valence-electron chi connectivity index (χ2n) is 6.73. The predicted octanol–water partition coefficient (Wildman–Crippen LogP) is 3.60. The number of para-hydroxylation sites is 1. The molecular weight excluding hydrogens is 392 g/mol. The summed E-state index contributed by atoms with van der Waals surface area (Å²) in [6.07, 6.45) is 5.06. The fourth-order valence-corrected chi connectivity index (χ4v) is 2.96. The Bertz CT molecular complexity index is 1140. The van der Waals surface area contributed by atoms with E-state index < -0.39 is 0 Å². The maximum Gasteiger partial charge on any atom is 0.251 e. The van der Waals surface area contributed by atoms with E-state index in [0.717, 1.165) is 17.4 Å². The van der Waals surface area contributed by atoms with Crippen LogP contribution in [-0.2, 0) is 0 Å². The summed E-state index contributed by atoms with van der Waals surface area (Å²) in [5, 5.41) is 6.08. The first-order chi connectivity index (χ1) is 15.2. The molecule has 4 aromatic rings. The fourth-order valence-electron chi connectivity index (χ4n) is 2.96. The zero-order valence-corrected chi connectivity index (χ0v) is 17.0. The number of hydrogen-bond acceptors (Lipinski definition) is 6. The lowest BCUT2D eigenvalue weighted by molar-refractivity contribution is 0.0955. The van der Waals surface area contributed by atoms with E-state index in [1.54, 1.807) is 30.5 Å². The molecule has 0 atom stereocenters. The Morgan fingerprint density at radius 3 is 2.48 bits per heavy atom. The maximum absolute atomic E-state index is 12.4. The average molecular weight is 414 g/mol. The van der Waals surface area contributed by atoms with Crippen LogP contribution < -0.4 is 15.4 Å². The molecule has 2 heterocycles. The number of rotatable bonds is 8. The molecule has 0 radical (unpaired) electrons. The van der Waals surface area contributed by atoms with Crippen LogP contribution in [-0.4, -0.2) is 38.5 Å². The summed E-state index contributed by atoms with van der Waals surface area (Å²) >= 11 is 0. The van der Waals surface area contributed by atoms with Crippen LogP contribution in [0.1, 0.15) is 16.2 Å². The standard InChI is InChI=1S/C23H22N6O2/c1-17-24-13-14-29(17)22-15-21(27-16-28-22)25-11-12-26-23(30)18-7-9-20(10-8-18)31-19-5-3-2-4-6-19/h2-10,13-16H,11-12H2,1H3,(H,26,30)(H,25,27,28). The number of anilines is 1. The number of nitrogens with one attached hydrogen (secondary N) is 2. The number of nitrogens with zero attached hydrogens (tertiary/aromatic N) is 4. The zero-order valence-electron chi connectivity index (χ0n) is 17.0. The van der Waals surface area contributed by atoms with Gasteiger partial charge in [-0.05, 0) is 43.3 Å². The van der Waals surface area contributed by atoms with Gasteiger partial charge in [-0.3, -0.25) is 9.36 Å². The van der Waals surface area contributed by atoms with Crippen LogP contribution in [0.4, 0.5) is 5.82 Å². The van der Waals surface area contributed by atoms with Crippen molar-refractivity contribution in [3.63, 3.8) is 0 Å². The number of imidazole rings is 1. The second kappa shape index (κ2) is 9.53.